The van der Waals surface area contributed by atoms with Crippen LogP contribution >= 0.6 is 0 Å². The van der Waals surface area contributed by atoms with Gasteiger partial charge >= 0.3 is 12.1 Å². The monoisotopic (exact) mass is 291 g/mol. The molecule has 0 heterocycles. The third-order valence-corrected chi connectivity index (χ3v) is 3.82. The van der Waals surface area contributed by atoms with E-state index < -0.39 is 23.2 Å². The molecule has 1 aromatic rings. The van der Waals surface area contributed by atoms with Crippen LogP contribution in [-0.2, 0) is 9.53 Å². The SMILES string of the molecule is C[C@H]1[C@H](c2ccccc2)[C@]1(NC(=O)OC(C)(C)C)C(=O)O. The maximum Gasteiger partial charge on any atom is 0.408 e. The Morgan fingerprint density at radius 3 is 2.29 bits per heavy atom. The molecule has 2 rings (SSSR count). The van der Waals surface area contributed by atoms with Crippen LogP contribution in [0.1, 0.15) is 39.2 Å². The van der Waals surface area contributed by atoms with Crippen molar-refractivity contribution in [2.75, 3.05) is 0 Å². The van der Waals surface area contributed by atoms with Crippen LogP contribution in [0, 0.1) is 5.92 Å². The molecule has 114 valence electrons. The van der Waals surface area contributed by atoms with Gasteiger partial charge in [0.1, 0.15) is 5.60 Å². The lowest BCUT2D eigenvalue weighted by atomic mass is 10.1. The number of benzene rings is 1. The van der Waals surface area contributed by atoms with E-state index in [0.29, 0.717) is 0 Å². The minimum absolute atomic E-state index is 0.190. The van der Waals surface area contributed by atoms with E-state index in [0.717, 1.165) is 5.56 Å². The first kappa shape index (κ1) is 15.4. The fourth-order valence-electron chi connectivity index (χ4n) is 2.82. The summed E-state index contributed by atoms with van der Waals surface area (Å²) < 4.78 is 5.18. The number of carbonyl (C=O) groups excluding carboxylic acids is 1. The smallest absolute Gasteiger partial charge is 0.408 e. The first-order valence-electron chi connectivity index (χ1n) is 6.98. The summed E-state index contributed by atoms with van der Waals surface area (Å²) in [6, 6.07) is 9.35. The number of hydrogen-bond donors (Lipinski definition) is 2. The van der Waals surface area contributed by atoms with E-state index in [-0.39, 0.29) is 11.8 Å². The maximum absolute atomic E-state index is 11.9. The van der Waals surface area contributed by atoms with E-state index in [1.54, 1.807) is 20.8 Å². The molecule has 0 aromatic heterocycles. The van der Waals surface area contributed by atoms with Crippen LogP contribution in [-0.4, -0.2) is 28.3 Å². The van der Waals surface area contributed by atoms with Crippen molar-refractivity contribution in [2.45, 2.75) is 44.8 Å². The van der Waals surface area contributed by atoms with Crippen LogP contribution in [0.25, 0.3) is 0 Å². The van der Waals surface area contributed by atoms with E-state index in [9.17, 15) is 14.7 Å². The van der Waals surface area contributed by atoms with Crippen molar-refractivity contribution >= 4 is 12.1 Å². The van der Waals surface area contributed by atoms with Gasteiger partial charge in [-0.2, -0.15) is 0 Å². The molecule has 5 heteroatoms. The molecule has 3 atom stereocenters. The number of hydrogen-bond acceptors (Lipinski definition) is 3. The second-order valence-electron chi connectivity index (χ2n) is 6.48. The Labute approximate surface area is 124 Å². The summed E-state index contributed by atoms with van der Waals surface area (Å²) in [5, 5.41) is 12.1. The molecule has 1 aliphatic rings. The summed E-state index contributed by atoms with van der Waals surface area (Å²) in [5.74, 6) is -1.47. The van der Waals surface area contributed by atoms with Gasteiger partial charge in [-0.05, 0) is 26.3 Å². The molecule has 0 spiro atoms. The molecule has 1 amide bonds. The Balaban J connectivity index is 2.21. The lowest BCUT2D eigenvalue weighted by Gasteiger charge is -2.22. The summed E-state index contributed by atoms with van der Waals surface area (Å²) in [6.07, 6.45) is -0.699. The minimum Gasteiger partial charge on any atom is -0.479 e. The molecular formula is C16H21NO4. The zero-order chi connectivity index (χ0) is 15.8. The summed E-state index contributed by atoms with van der Waals surface area (Å²) in [5.41, 5.74) is -1.04. The van der Waals surface area contributed by atoms with Gasteiger partial charge < -0.3 is 15.2 Å². The van der Waals surface area contributed by atoms with Crippen LogP contribution in [0.5, 0.6) is 0 Å². The summed E-state index contributed by atoms with van der Waals surface area (Å²) >= 11 is 0. The van der Waals surface area contributed by atoms with E-state index in [2.05, 4.69) is 5.32 Å². The number of amides is 1. The van der Waals surface area contributed by atoms with Crippen LogP contribution in [0.3, 0.4) is 0 Å². The largest absolute Gasteiger partial charge is 0.479 e. The van der Waals surface area contributed by atoms with Gasteiger partial charge in [-0.15, -0.1) is 0 Å². The Kier molecular flexibility index (Phi) is 3.70. The average molecular weight is 291 g/mol. The van der Waals surface area contributed by atoms with Crippen molar-refractivity contribution in [2.24, 2.45) is 5.92 Å². The highest BCUT2D eigenvalue weighted by Gasteiger charge is 2.69. The number of ether oxygens (including phenoxy) is 1. The zero-order valence-electron chi connectivity index (χ0n) is 12.7. The molecular weight excluding hydrogens is 270 g/mol. The van der Waals surface area contributed by atoms with E-state index >= 15 is 0 Å². The van der Waals surface area contributed by atoms with Gasteiger partial charge in [-0.25, -0.2) is 9.59 Å². The number of aliphatic carboxylic acids is 1. The standard InChI is InChI=1S/C16H21NO4/c1-10-12(11-8-6-5-7-9-11)16(10,13(18)19)17-14(20)21-15(2,3)4/h5-10,12H,1-4H3,(H,17,20)(H,18,19)/t10-,12+,16-/m0/s1. The number of carboxylic acids is 1. The summed E-state index contributed by atoms with van der Waals surface area (Å²) in [7, 11) is 0. The Bertz CT molecular complexity index is 549. The number of alkyl carbamates (subject to hydrolysis) is 1. The minimum atomic E-state index is -1.29. The average Bonchev–Trinajstić information content (AvgIpc) is 2.94. The van der Waals surface area contributed by atoms with Gasteiger partial charge in [0.15, 0.2) is 5.54 Å². The van der Waals surface area contributed by atoms with Gasteiger partial charge in [-0.3, -0.25) is 0 Å². The molecule has 0 saturated heterocycles. The van der Waals surface area contributed by atoms with Crippen molar-refractivity contribution in [3.05, 3.63) is 35.9 Å². The van der Waals surface area contributed by atoms with Crippen LogP contribution < -0.4 is 5.32 Å². The van der Waals surface area contributed by atoms with Gasteiger partial charge in [-0.1, -0.05) is 37.3 Å². The quantitative estimate of drug-likeness (QED) is 0.898. The van der Waals surface area contributed by atoms with Gasteiger partial charge in [0.2, 0.25) is 0 Å². The predicted octanol–water partition coefficient (Wildman–Crippen LogP) is 2.77. The molecule has 1 fully saturated rings. The van der Waals surface area contributed by atoms with Crippen LogP contribution in [0.15, 0.2) is 30.3 Å². The van der Waals surface area contributed by atoms with Gasteiger partial charge in [0, 0.05) is 11.8 Å². The zero-order valence-corrected chi connectivity index (χ0v) is 12.7. The Morgan fingerprint density at radius 1 is 1.24 bits per heavy atom. The predicted molar refractivity (Wildman–Crippen MR) is 78.1 cm³/mol. The summed E-state index contributed by atoms with van der Waals surface area (Å²) in [6.45, 7) is 7.05. The molecule has 0 aliphatic heterocycles. The molecule has 0 radical (unpaired) electrons. The van der Waals surface area contributed by atoms with Gasteiger partial charge in [0.05, 0.1) is 0 Å². The van der Waals surface area contributed by atoms with E-state index in [1.807, 2.05) is 37.3 Å². The fourth-order valence-corrected chi connectivity index (χ4v) is 2.82. The van der Waals surface area contributed by atoms with Crippen molar-refractivity contribution in [1.82, 2.24) is 5.32 Å². The van der Waals surface area contributed by atoms with E-state index in [1.165, 1.54) is 0 Å². The van der Waals surface area contributed by atoms with Crippen LogP contribution in [0.4, 0.5) is 4.79 Å². The molecule has 1 aliphatic carbocycles. The van der Waals surface area contributed by atoms with Crippen molar-refractivity contribution in [3.63, 3.8) is 0 Å². The van der Waals surface area contributed by atoms with Crippen molar-refractivity contribution < 1.29 is 19.4 Å². The summed E-state index contributed by atoms with van der Waals surface area (Å²) in [4.78, 5) is 23.7. The lowest BCUT2D eigenvalue weighted by Crippen LogP contribution is -2.47. The third kappa shape index (κ3) is 2.86. The Morgan fingerprint density at radius 2 is 1.81 bits per heavy atom. The number of rotatable bonds is 3. The second-order valence-corrected chi connectivity index (χ2v) is 6.48. The molecule has 2 N–H and O–H groups in total. The third-order valence-electron chi connectivity index (χ3n) is 3.82. The number of nitrogens with one attached hydrogen (secondary N) is 1. The lowest BCUT2D eigenvalue weighted by molar-refractivity contribution is -0.141. The Hall–Kier alpha value is -2.04. The van der Waals surface area contributed by atoms with Gasteiger partial charge in [0.25, 0.3) is 0 Å². The normalized spacial score (nSPS) is 27.8. The van der Waals surface area contributed by atoms with Crippen molar-refractivity contribution in [1.29, 1.82) is 0 Å². The molecule has 1 saturated carbocycles. The topological polar surface area (TPSA) is 75.6 Å². The first-order chi connectivity index (χ1) is 9.68. The van der Waals surface area contributed by atoms with Crippen molar-refractivity contribution in [3.8, 4) is 0 Å². The second kappa shape index (κ2) is 5.06. The molecule has 5 nitrogen and oxygen atoms in total. The van der Waals surface area contributed by atoms with Crippen LogP contribution in [0.2, 0.25) is 0 Å². The molecule has 1 aromatic carbocycles. The highest BCUT2D eigenvalue weighted by molar-refractivity contribution is 5.90. The molecule has 0 bridgehead atoms. The maximum atomic E-state index is 11.9. The number of carboxylic acid groups (broad SMARTS) is 1. The van der Waals surface area contributed by atoms with E-state index in [4.69, 9.17) is 4.74 Å². The first-order valence-corrected chi connectivity index (χ1v) is 6.98. The highest BCUT2D eigenvalue weighted by atomic mass is 16.6. The molecule has 21 heavy (non-hydrogen) atoms. The molecule has 0 unspecified atom stereocenters. The number of carbonyl (C=O) groups is 2. The fraction of sp³-hybridized carbons (Fsp3) is 0.500. The highest BCUT2D eigenvalue weighted by Crippen LogP contribution is 2.57.